The molecule has 0 aliphatic carbocycles. The maximum Gasteiger partial charge on any atom is 0.247 e. The summed E-state index contributed by atoms with van der Waals surface area (Å²) in [6.45, 7) is 4.68. The van der Waals surface area contributed by atoms with E-state index >= 15 is 0 Å². The lowest BCUT2D eigenvalue weighted by Crippen LogP contribution is -2.39. The molecular weight excluding hydrogens is 316 g/mol. The van der Waals surface area contributed by atoms with E-state index in [0.717, 1.165) is 0 Å². The third-order valence-electron chi connectivity index (χ3n) is 3.31. The Morgan fingerprint density at radius 1 is 1.39 bits per heavy atom. The van der Waals surface area contributed by atoms with E-state index in [2.05, 4.69) is 10.3 Å². The van der Waals surface area contributed by atoms with Gasteiger partial charge in [-0.05, 0) is 32.1 Å². The zero-order valence-electron chi connectivity index (χ0n) is 13.1. The number of likely N-dealkylation sites (N-methyl/N-ethyl adjacent to an activating group) is 2. The molecule has 0 bridgehead atoms. The molecule has 0 unspecified atom stereocenters. The molecule has 2 heterocycles. The number of imidazole rings is 1. The summed E-state index contributed by atoms with van der Waals surface area (Å²) in [6.07, 6.45) is 4.85. The van der Waals surface area contributed by atoms with Crippen LogP contribution in [0.1, 0.15) is 19.5 Å². The molecule has 122 valence electrons. The van der Waals surface area contributed by atoms with Gasteiger partial charge in [0.15, 0.2) is 5.15 Å². The van der Waals surface area contributed by atoms with Gasteiger partial charge in [0.05, 0.1) is 12.2 Å². The van der Waals surface area contributed by atoms with Gasteiger partial charge in [0.2, 0.25) is 11.8 Å². The first-order valence-corrected chi connectivity index (χ1v) is 7.80. The quantitative estimate of drug-likeness (QED) is 0.821. The van der Waals surface area contributed by atoms with E-state index in [9.17, 15) is 9.59 Å². The summed E-state index contributed by atoms with van der Waals surface area (Å²) < 4.78 is 1.80. The van der Waals surface area contributed by atoms with Gasteiger partial charge < -0.3 is 10.2 Å². The fraction of sp³-hybridized carbons (Fsp3) is 0.312. The second kappa shape index (κ2) is 7.78. The lowest BCUT2D eigenvalue weighted by Gasteiger charge is -2.18. The Balaban J connectivity index is 2.15. The predicted octanol–water partition coefficient (Wildman–Crippen LogP) is 1.99. The monoisotopic (exact) mass is 334 g/mol. The van der Waals surface area contributed by atoms with E-state index in [-0.39, 0.29) is 18.4 Å². The first-order valence-electron chi connectivity index (χ1n) is 7.43. The summed E-state index contributed by atoms with van der Waals surface area (Å²) in [7, 11) is 0. The van der Waals surface area contributed by atoms with Crippen molar-refractivity contribution in [2.24, 2.45) is 0 Å². The molecule has 2 rings (SSSR count). The zero-order chi connectivity index (χ0) is 16.8. The largest absolute Gasteiger partial charge is 0.355 e. The van der Waals surface area contributed by atoms with Crippen molar-refractivity contribution in [3.8, 4) is 0 Å². The Kier molecular flexibility index (Phi) is 5.76. The van der Waals surface area contributed by atoms with Crippen LogP contribution in [0.2, 0.25) is 5.15 Å². The third kappa shape index (κ3) is 4.10. The number of carbonyl (C=O) groups excluding carboxylic acids is 2. The van der Waals surface area contributed by atoms with Crippen LogP contribution in [0, 0.1) is 0 Å². The molecule has 0 aliphatic rings. The highest BCUT2D eigenvalue weighted by Crippen LogP contribution is 2.18. The van der Waals surface area contributed by atoms with Crippen molar-refractivity contribution < 1.29 is 9.59 Å². The van der Waals surface area contributed by atoms with Crippen molar-refractivity contribution in [1.82, 2.24) is 19.6 Å². The van der Waals surface area contributed by atoms with Crippen LogP contribution >= 0.6 is 11.6 Å². The molecule has 23 heavy (non-hydrogen) atoms. The molecule has 1 N–H and O–H groups in total. The van der Waals surface area contributed by atoms with E-state index in [0.29, 0.717) is 29.6 Å². The molecule has 0 atom stereocenters. The molecule has 0 saturated heterocycles. The molecule has 6 nitrogen and oxygen atoms in total. The lowest BCUT2D eigenvalue weighted by atomic mass is 10.3. The van der Waals surface area contributed by atoms with Crippen LogP contribution in [0.15, 0.2) is 30.5 Å². The van der Waals surface area contributed by atoms with Gasteiger partial charge in [0.1, 0.15) is 5.65 Å². The second-order valence-electron chi connectivity index (χ2n) is 4.86. The van der Waals surface area contributed by atoms with Gasteiger partial charge in [-0.25, -0.2) is 4.98 Å². The van der Waals surface area contributed by atoms with Crippen LogP contribution in [0.25, 0.3) is 11.7 Å². The fourth-order valence-corrected chi connectivity index (χ4v) is 2.40. The fourth-order valence-electron chi connectivity index (χ4n) is 2.16. The molecular formula is C16H19ClN4O2. The minimum atomic E-state index is -0.249. The first kappa shape index (κ1) is 17.0. The van der Waals surface area contributed by atoms with Crippen molar-refractivity contribution in [3.63, 3.8) is 0 Å². The van der Waals surface area contributed by atoms with Gasteiger partial charge in [-0.3, -0.25) is 14.0 Å². The van der Waals surface area contributed by atoms with Gasteiger partial charge in [0, 0.05) is 25.4 Å². The summed E-state index contributed by atoms with van der Waals surface area (Å²) >= 11 is 6.12. The summed E-state index contributed by atoms with van der Waals surface area (Å²) in [6, 6.07) is 5.55. The van der Waals surface area contributed by atoms with Crippen LogP contribution in [0.5, 0.6) is 0 Å². The van der Waals surface area contributed by atoms with Gasteiger partial charge in [0.25, 0.3) is 0 Å². The van der Waals surface area contributed by atoms with Crippen molar-refractivity contribution in [1.29, 1.82) is 0 Å². The van der Waals surface area contributed by atoms with E-state index in [4.69, 9.17) is 11.6 Å². The van der Waals surface area contributed by atoms with E-state index in [1.54, 1.807) is 10.5 Å². The van der Waals surface area contributed by atoms with Gasteiger partial charge in [-0.1, -0.05) is 17.7 Å². The number of pyridine rings is 1. The Bertz CT molecular complexity index is 739. The van der Waals surface area contributed by atoms with Crippen molar-refractivity contribution in [2.75, 3.05) is 19.6 Å². The number of aromatic nitrogens is 2. The maximum absolute atomic E-state index is 12.2. The Labute approximate surface area is 139 Å². The number of hydrogen-bond donors (Lipinski definition) is 1. The van der Waals surface area contributed by atoms with E-state index in [1.807, 2.05) is 38.2 Å². The number of rotatable bonds is 6. The van der Waals surface area contributed by atoms with Gasteiger partial charge in [-0.2, -0.15) is 0 Å². The molecule has 0 aromatic carbocycles. The number of hydrogen-bond acceptors (Lipinski definition) is 3. The number of nitrogens with one attached hydrogen (secondary N) is 1. The molecule has 0 saturated carbocycles. The number of carbonyl (C=O) groups is 2. The molecule has 0 aliphatic heterocycles. The average molecular weight is 335 g/mol. The van der Waals surface area contributed by atoms with E-state index < -0.39 is 0 Å². The van der Waals surface area contributed by atoms with Gasteiger partial charge >= 0.3 is 0 Å². The highest BCUT2D eigenvalue weighted by atomic mass is 35.5. The predicted molar refractivity (Wildman–Crippen MR) is 90.2 cm³/mol. The van der Waals surface area contributed by atoms with Crippen LogP contribution in [0.3, 0.4) is 0 Å². The summed E-state index contributed by atoms with van der Waals surface area (Å²) in [4.78, 5) is 29.5. The Morgan fingerprint density at radius 3 is 2.87 bits per heavy atom. The smallest absolute Gasteiger partial charge is 0.247 e. The normalized spacial score (nSPS) is 11.1. The molecule has 2 aromatic rings. The lowest BCUT2D eigenvalue weighted by molar-refractivity contribution is -0.132. The topological polar surface area (TPSA) is 66.7 Å². The summed E-state index contributed by atoms with van der Waals surface area (Å²) in [5.74, 6) is -0.426. The first-order chi connectivity index (χ1) is 11.1. The minimum Gasteiger partial charge on any atom is -0.355 e. The number of halogens is 1. The summed E-state index contributed by atoms with van der Waals surface area (Å²) in [5, 5.41) is 3.00. The standard InChI is InChI=1S/C16H19ClN4O2/c1-3-18-14(22)11-20(4-2)15(23)9-8-12-16(17)19-13-7-5-6-10-21(12)13/h5-10H,3-4,11H2,1-2H3,(H,18,22). The Morgan fingerprint density at radius 2 is 2.17 bits per heavy atom. The van der Waals surface area contributed by atoms with Crippen molar-refractivity contribution in [2.45, 2.75) is 13.8 Å². The molecule has 0 spiro atoms. The van der Waals surface area contributed by atoms with Crippen LogP contribution in [0.4, 0.5) is 0 Å². The number of nitrogens with zero attached hydrogens (tertiary/aromatic N) is 3. The van der Waals surface area contributed by atoms with Crippen LogP contribution in [-0.4, -0.2) is 45.7 Å². The SMILES string of the molecule is CCNC(=O)CN(CC)C(=O)C=Cc1c(Cl)nc2ccccn12. The average Bonchev–Trinajstić information content (AvgIpc) is 2.86. The summed E-state index contributed by atoms with van der Waals surface area (Å²) in [5.41, 5.74) is 1.34. The number of amides is 2. The molecule has 7 heteroatoms. The molecule has 0 radical (unpaired) electrons. The zero-order valence-corrected chi connectivity index (χ0v) is 13.9. The second-order valence-corrected chi connectivity index (χ2v) is 5.21. The van der Waals surface area contributed by atoms with E-state index in [1.165, 1.54) is 11.0 Å². The maximum atomic E-state index is 12.2. The molecule has 2 aromatic heterocycles. The molecule has 0 fully saturated rings. The van der Waals surface area contributed by atoms with Crippen LogP contribution in [-0.2, 0) is 9.59 Å². The number of fused-ring (bicyclic) bond motifs is 1. The van der Waals surface area contributed by atoms with Crippen molar-refractivity contribution in [3.05, 3.63) is 41.3 Å². The molecule has 2 amide bonds. The highest BCUT2D eigenvalue weighted by Gasteiger charge is 2.13. The van der Waals surface area contributed by atoms with Gasteiger partial charge in [-0.15, -0.1) is 0 Å². The van der Waals surface area contributed by atoms with Crippen molar-refractivity contribution >= 4 is 35.1 Å². The minimum absolute atomic E-state index is 0.0361. The van der Waals surface area contributed by atoms with Crippen LogP contribution < -0.4 is 5.32 Å². The third-order valence-corrected chi connectivity index (χ3v) is 3.59. The highest BCUT2D eigenvalue weighted by molar-refractivity contribution is 6.31. The Hall–Kier alpha value is -2.34.